The maximum absolute atomic E-state index is 12.2. The van der Waals surface area contributed by atoms with Gasteiger partial charge in [0, 0.05) is 11.8 Å². The molecule has 1 aromatic carbocycles. The summed E-state index contributed by atoms with van der Waals surface area (Å²) in [4.78, 5) is 15.0. The van der Waals surface area contributed by atoms with Crippen LogP contribution >= 0.6 is 0 Å². The monoisotopic (exact) mass is 275 g/mol. The molecular formula is C16H21NO3. The highest BCUT2D eigenvalue weighted by Crippen LogP contribution is 2.27. The molecule has 0 aliphatic rings. The van der Waals surface area contributed by atoms with Crippen molar-refractivity contribution >= 4 is 10.9 Å². The average Bonchev–Trinajstić information content (AvgIpc) is 2.38. The topological polar surface area (TPSA) is 62.3 Å². The summed E-state index contributed by atoms with van der Waals surface area (Å²) in [6.07, 6.45) is 0.433. The predicted octanol–water partition coefficient (Wildman–Crippen LogP) is 2.49. The Morgan fingerprint density at radius 1 is 1.30 bits per heavy atom. The molecule has 0 bridgehead atoms. The molecule has 0 spiro atoms. The molecular weight excluding hydrogens is 254 g/mol. The van der Waals surface area contributed by atoms with Crippen LogP contribution < -0.4 is 10.3 Å². The summed E-state index contributed by atoms with van der Waals surface area (Å²) in [5.41, 5.74) is 1.07. The first-order chi connectivity index (χ1) is 9.52. The molecule has 1 aromatic heterocycles. The van der Waals surface area contributed by atoms with Gasteiger partial charge in [0.25, 0.3) is 5.56 Å². The van der Waals surface area contributed by atoms with Gasteiger partial charge in [-0.15, -0.1) is 0 Å². The summed E-state index contributed by atoms with van der Waals surface area (Å²) in [5, 5.41) is 10.9. The van der Waals surface area contributed by atoms with Crippen molar-refractivity contribution in [2.24, 2.45) is 5.92 Å². The van der Waals surface area contributed by atoms with Gasteiger partial charge < -0.3 is 14.8 Å². The number of aliphatic hydroxyl groups is 1. The van der Waals surface area contributed by atoms with Crippen molar-refractivity contribution < 1.29 is 9.84 Å². The smallest absolute Gasteiger partial charge is 0.255 e. The maximum atomic E-state index is 12.2. The molecule has 0 saturated heterocycles. The first kappa shape index (κ1) is 14.6. The fourth-order valence-electron chi connectivity index (χ4n) is 2.54. The predicted molar refractivity (Wildman–Crippen MR) is 80.3 cm³/mol. The van der Waals surface area contributed by atoms with E-state index < -0.39 is 6.10 Å². The van der Waals surface area contributed by atoms with Gasteiger partial charge in [-0.1, -0.05) is 26.0 Å². The van der Waals surface area contributed by atoms with Crippen molar-refractivity contribution in [3.63, 3.8) is 0 Å². The van der Waals surface area contributed by atoms with E-state index in [0.29, 0.717) is 30.1 Å². The molecule has 4 heteroatoms. The molecule has 20 heavy (non-hydrogen) atoms. The van der Waals surface area contributed by atoms with Crippen molar-refractivity contribution in [3.05, 3.63) is 40.2 Å². The summed E-state index contributed by atoms with van der Waals surface area (Å²) < 4.78 is 5.41. The molecule has 0 aliphatic carbocycles. The van der Waals surface area contributed by atoms with Crippen molar-refractivity contribution in [1.29, 1.82) is 0 Å². The lowest BCUT2D eigenvalue weighted by molar-refractivity contribution is 0.148. The van der Waals surface area contributed by atoms with Crippen molar-refractivity contribution in [2.45, 2.75) is 32.8 Å². The lowest BCUT2D eigenvalue weighted by Crippen LogP contribution is -2.22. The van der Waals surface area contributed by atoms with Gasteiger partial charge in [-0.05, 0) is 24.5 Å². The zero-order valence-corrected chi connectivity index (χ0v) is 12.1. The van der Waals surface area contributed by atoms with Crippen LogP contribution in [-0.2, 0) is 6.42 Å². The number of ether oxygens (including phenoxy) is 1. The van der Waals surface area contributed by atoms with Gasteiger partial charge >= 0.3 is 0 Å². The van der Waals surface area contributed by atoms with Crippen LogP contribution in [0, 0.1) is 5.92 Å². The van der Waals surface area contributed by atoms with E-state index in [0.717, 1.165) is 10.9 Å². The van der Waals surface area contributed by atoms with Crippen molar-refractivity contribution in [3.8, 4) is 5.75 Å². The number of hydrogen-bond donors (Lipinski definition) is 2. The second kappa shape index (κ2) is 6.09. The van der Waals surface area contributed by atoms with Crippen LogP contribution in [0.3, 0.4) is 0 Å². The Morgan fingerprint density at radius 2 is 2.00 bits per heavy atom. The number of nitrogens with one attached hydrogen (secondary N) is 1. The second-order valence-electron chi connectivity index (χ2n) is 5.50. The molecule has 2 aromatic rings. The molecule has 1 unspecified atom stereocenters. The Balaban J connectivity index is 2.47. The molecule has 1 atom stereocenters. The fraction of sp³-hybridized carbons (Fsp3) is 0.438. The molecule has 0 radical (unpaired) electrons. The van der Waals surface area contributed by atoms with Crippen LogP contribution in [0.2, 0.25) is 0 Å². The van der Waals surface area contributed by atoms with Crippen molar-refractivity contribution in [2.75, 3.05) is 7.11 Å². The van der Waals surface area contributed by atoms with E-state index in [1.54, 1.807) is 7.11 Å². The normalized spacial score (nSPS) is 12.8. The molecule has 2 N–H and O–H groups in total. The van der Waals surface area contributed by atoms with Gasteiger partial charge in [-0.2, -0.15) is 0 Å². The summed E-state index contributed by atoms with van der Waals surface area (Å²) in [7, 11) is 1.56. The van der Waals surface area contributed by atoms with Gasteiger partial charge in [-0.25, -0.2) is 0 Å². The maximum Gasteiger partial charge on any atom is 0.255 e. The number of rotatable bonds is 5. The van der Waals surface area contributed by atoms with Gasteiger partial charge in [0.1, 0.15) is 5.75 Å². The SMILES string of the molecule is COc1c(CC(O)CC(C)C)c(=O)[nH]c2ccccc12. The number of fused-ring (bicyclic) bond motifs is 1. The Labute approximate surface area is 118 Å². The molecule has 2 rings (SSSR count). The summed E-state index contributed by atoms with van der Waals surface area (Å²) in [5.74, 6) is 0.947. The third kappa shape index (κ3) is 3.02. The third-order valence-corrected chi connectivity index (χ3v) is 3.36. The number of methoxy groups -OCH3 is 1. The van der Waals surface area contributed by atoms with Crippen LogP contribution in [0.25, 0.3) is 10.9 Å². The van der Waals surface area contributed by atoms with E-state index in [1.165, 1.54) is 0 Å². The van der Waals surface area contributed by atoms with E-state index in [-0.39, 0.29) is 5.56 Å². The highest BCUT2D eigenvalue weighted by molar-refractivity contribution is 5.86. The number of para-hydroxylation sites is 1. The molecule has 0 aliphatic heterocycles. The number of H-pyrrole nitrogens is 1. The number of aliphatic hydroxyl groups excluding tert-OH is 1. The molecule has 1 heterocycles. The zero-order valence-electron chi connectivity index (χ0n) is 12.1. The second-order valence-corrected chi connectivity index (χ2v) is 5.50. The molecule has 108 valence electrons. The summed E-state index contributed by atoms with van der Waals surface area (Å²) in [6.45, 7) is 4.09. The van der Waals surface area contributed by atoms with E-state index in [2.05, 4.69) is 4.98 Å². The van der Waals surface area contributed by atoms with Crippen LogP contribution in [-0.4, -0.2) is 23.3 Å². The van der Waals surface area contributed by atoms with Crippen LogP contribution in [0.15, 0.2) is 29.1 Å². The number of benzene rings is 1. The average molecular weight is 275 g/mol. The first-order valence-electron chi connectivity index (χ1n) is 6.89. The van der Waals surface area contributed by atoms with Gasteiger partial charge in [-0.3, -0.25) is 4.79 Å². The highest BCUT2D eigenvalue weighted by atomic mass is 16.5. The molecule has 0 fully saturated rings. The van der Waals surface area contributed by atoms with Gasteiger partial charge in [0.2, 0.25) is 0 Å². The minimum absolute atomic E-state index is 0.191. The number of aromatic amines is 1. The quantitative estimate of drug-likeness (QED) is 0.881. The van der Waals surface area contributed by atoms with Crippen LogP contribution in [0.4, 0.5) is 0 Å². The lowest BCUT2D eigenvalue weighted by Gasteiger charge is -2.15. The Bertz CT molecular complexity index is 646. The minimum Gasteiger partial charge on any atom is -0.496 e. The van der Waals surface area contributed by atoms with E-state index in [1.807, 2.05) is 38.1 Å². The number of pyridine rings is 1. The fourth-order valence-corrected chi connectivity index (χ4v) is 2.54. The van der Waals surface area contributed by atoms with E-state index >= 15 is 0 Å². The summed E-state index contributed by atoms with van der Waals surface area (Å²) in [6, 6.07) is 7.51. The number of hydrogen-bond acceptors (Lipinski definition) is 3. The number of aromatic nitrogens is 1. The van der Waals surface area contributed by atoms with E-state index in [4.69, 9.17) is 4.74 Å². The Morgan fingerprint density at radius 3 is 2.65 bits per heavy atom. The van der Waals surface area contributed by atoms with E-state index in [9.17, 15) is 9.90 Å². The molecule has 0 amide bonds. The van der Waals surface area contributed by atoms with Crippen LogP contribution in [0.1, 0.15) is 25.8 Å². The van der Waals surface area contributed by atoms with Gasteiger partial charge in [0.15, 0.2) is 0 Å². The zero-order chi connectivity index (χ0) is 14.7. The lowest BCUT2D eigenvalue weighted by atomic mass is 9.99. The molecule has 0 saturated carbocycles. The highest BCUT2D eigenvalue weighted by Gasteiger charge is 2.17. The largest absolute Gasteiger partial charge is 0.496 e. The van der Waals surface area contributed by atoms with Gasteiger partial charge in [0.05, 0.1) is 24.3 Å². The Hall–Kier alpha value is -1.81. The van der Waals surface area contributed by atoms with Crippen molar-refractivity contribution in [1.82, 2.24) is 4.98 Å². The third-order valence-electron chi connectivity index (χ3n) is 3.36. The summed E-state index contributed by atoms with van der Waals surface area (Å²) >= 11 is 0. The molecule has 4 nitrogen and oxygen atoms in total. The standard InChI is InChI=1S/C16H21NO3/c1-10(2)8-11(18)9-13-15(20-3)12-6-4-5-7-14(12)17-16(13)19/h4-7,10-11,18H,8-9H2,1-3H3,(H,17,19). The Kier molecular flexibility index (Phi) is 4.45. The minimum atomic E-state index is -0.536. The van der Waals surface area contributed by atoms with Crippen LogP contribution in [0.5, 0.6) is 5.75 Å². The first-order valence-corrected chi connectivity index (χ1v) is 6.89.